The van der Waals surface area contributed by atoms with Crippen LogP contribution in [-0.2, 0) is 20.8 Å². The Labute approximate surface area is 101 Å². The van der Waals surface area contributed by atoms with E-state index in [1.165, 1.54) is 7.11 Å². The fourth-order valence-corrected chi connectivity index (χ4v) is 1.39. The molecule has 4 nitrogen and oxygen atoms in total. The summed E-state index contributed by atoms with van der Waals surface area (Å²) in [4.78, 5) is 16.2. The standard InChI is InChI=1S/C13H17NO3/c1-10(2)17-13(15)8-11-6-4-5-7-12(11)9-14-16-3/h4-7,9-10H,8H2,1-3H3. The van der Waals surface area contributed by atoms with Crippen molar-refractivity contribution in [3.63, 3.8) is 0 Å². The van der Waals surface area contributed by atoms with E-state index in [2.05, 4.69) is 9.99 Å². The smallest absolute Gasteiger partial charge is 0.310 e. The second-order valence-electron chi connectivity index (χ2n) is 3.83. The first-order valence-corrected chi connectivity index (χ1v) is 5.47. The molecular formula is C13H17NO3. The summed E-state index contributed by atoms with van der Waals surface area (Å²) >= 11 is 0. The predicted octanol–water partition coefficient (Wildman–Crippen LogP) is 2.16. The van der Waals surface area contributed by atoms with Gasteiger partial charge in [0.15, 0.2) is 0 Å². The lowest BCUT2D eigenvalue weighted by molar-refractivity contribution is -0.146. The lowest BCUT2D eigenvalue weighted by Crippen LogP contribution is -2.14. The van der Waals surface area contributed by atoms with Gasteiger partial charge >= 0.3 is 5.97 Å². The molecule has 92 valence electrons. The zero-order valence-corrected chi connectivity index (χ0v) is 10.3. The van der Waals surface area contributed by atoms with Crippen molar-refractivity contribution in [2.45, 2.75) is 26.4 Å². The van der Waals surface area contributed by atoms with Crippen molar-refractivity contribution in [2.75, 3.05) is 7.11 Å². The first kappa shape index (κ1) is 13.2. The van der Waals surface area contributed by atoms with Crippen LogP contribution in [0.3, 0.4) is 0 Å². The topological polar surface area (TPSA) is 47.9 Å². The first-order chi connectivity index (χ1) is 8.13. The number of ether oxygens (including phenoxy) is 1. The Balaban J connectivity index is 2.76. The average molecular weight is 235 g/mol. The fraction of sp³-hybridized carbons (Fsp3) is 0.385. The van der Waals surface area contributed by atoms with Crippen molar-refractivity contribution in [3.05, 3.63) is 35.4 Å². The van der Waals surface area contributed by atoms with Crippen molar-refractivity contribution in [2.24, 2.45) is 5.16 Å². The number of oxime groups is 1. The van der Waals surface area contributed by atoms with Crippen LogP contribution in [0.1, 0.15) is 25.0 Å². The number of carbonyl (C=O) groups is 1. The van der Waals surface area contributed by atoms with Gasteiger partial charge in [-0.15, -0.1) is 0 Å². The summed E-state index contributed by atoms with van der Waals surface area (Å²) < 4.78 is 5.10. The number of benzene rings is 1. The molecule has 0 aliphatic heterocycles. The lowest BCUT2D eigenvalue weighted by atomic mass is 10.1. The molecule has 0 aliphatic rings. The monoisotopic (exact) mass is 235 g/mol. The third kappa shape index (κ3) is 4.68. The molecule has 1 aromatic carbocycles. The summed E-state index contributed by atoms with van der Waals surface area (Å²) in [5.74, 6) is -0.238. The van der Waals surface area contributed by atoms with Gasteiger partial charge in [0.25, 0.3) is 0 Å². The third-order valence-electron chi connectivity index (χ3n) is 2.05. The van der Waals surface area contributed by atoms with Gasteiger partial charge in [0.1, 0.15) is 7.11 Å². The van der Waals surface area contributed by atoms with Gasteiger partial charge in [-0.3, -0.25) is 4.79 Å². The number of carbonyl (C=O) groups excluding carboxylic acids is 1. The van der Waals surface area contributed by atoms with Crippen molar-refractivity contribution < 1.29 is 14.4 Å². The van der Waals surface area contributed by atoms with Crippen molar-refractivity contribution in [3.8, 4) is 0 Å². The van der Waals surface area contributed by atoms with Gasteiger partial charge in [-0.05, 0) is 25.0 Å². The Morgan fingerprint density at radius 3 is 2.76 bits per heavy atom. The molecular weight excluding hydrogens is 218 g/mol. The molecule has 17 heavy (non-hydrogen) atoms. The molecule has 0 saturated heterocycles. The van der Waals surface area contributed by atoms with Crippen molar-refractivity contribution in [1.82, 2.24) is 0 Å². The van der Waals surface area contributed by atoms with Crippen LogP contribution in [0.15, 0.2) is 29.4 Å². The van der Waals surface area contributed by atoms with Gasteiger partial charge in [-0.2, -0.15) is 0 Å². The van der Waals surface area contributed by atoms with Gasteiger partial charge in [-0.25, -0.2) is 0 Å². The predicted molar refractivity (Wildman–Crippen MR) is 66.0 cm³/mol. The SMILES string of the molecule is CON=Cc1ccccc1CC(=O)OC(C)C. The second-order valence-corrected chi connectivity index (χ2v) is 3.83. The molecule has 0 amide bonds. The third-order valence-corrected chi connectivity index (χ3v) is 2.05. The summed E-state index contributed by atoms with van der Waals surface area (Å²) in [7, 11) is 1.48. The van der Waals surface area contributed by atoms with E-state index in [1.54, 1.807) is 6.21 Å². The van der Waals surface area contributed by atoms with E-state index in [-0.39, 0.29) is 18.5 Å². The van der Waals surface area contributed by atoms with Crippen LogP contribution >= 0.6 is 0 Å². The van der Waals surface area contributed by atoms with Crippen LogP contribution in [0, 0.1) is 0 Å². The maximum atomic E-state index is 11.6. The lowest BCUT2D eigenvalue weighted by Gasteiger charge is -2.09. The molecule has 1 rings (SSSR count). The van der Waals surface area contributed by atoms with E-state index in [0.29, 0.717) is 0 Å². The fourth-order valence-electron chi connectivity index (χ4n) is 1.39. The maximum Gasteiger partial charge on any atom is 0.310 e. The molecule has 1 aromatic rings. The van der Waals surface area contributed by atoms with Crippen LogP contribution in [0.25, 0.3) is 0 Å². The Bertz CT molecular complexity index is 399. The van der Waals surface area contributed by atoms with Crippen LogP contribution in [0.2, 0.25) is 0 Å². The highest BCUT2D eigenvalue weighted by molar-refractivity contribution is 5.84. The molecule has 0 fully saturated rings. The molecule has 0 bridgehead atoms. The number of esters is 1. The minimum Gasteiger partial charge on any atom is -0.463 e. The molecule has 0 saturated carbocycles. The Morgan fingerprint density at radius 2 is 2.12 bits per heavy atom. The van der Waals surface area contributed by atoms with Crippen molar-refractivity contribution >= 4 is 12.2 Å². The molecule has 0 aromatic heterocycles. The van der Waals surface area contributed by atoms with Crippen LogP contribution in [0.5, 0.6) is 0 Å². The van der Waals surface area contributed by atoms with E-state index in [0.717, 1.165) is 11.1 Å². The Morgan fingerprint density at radius 1 is 1.41 bits per heavy atom. The zero-order valence-electron chi connectivity index (χ0n) is 10.3. The summed E-state index contributed by atoms with van der Waals surface area (Å²) in [6, 6.07) is 7.51. The Kier molecular flexibility index (Phi) is 5.20. The highest BCUT2D eigenvalue weighted by atomic mass is 16.6. The summed E-state index contributed by atoms with van der Waals surface area (Å²) in [5, 5.41) is 3.69. The molecule has 0 heterocycles. The van der Waals surface area contributed by atoms with E-state index in [9.17, 15) is 4.79 Å². The molecule has 0 spiro atoms. The summed E-state index contributed by atoms with van der Waals surface area (Å²) in [6.07, 6.45) is 1.73. The average Bonchev–Trinajstić information content (AvgIpc) is 2.26. The zero-order chi connectivity index (χ0) is 12.7. The highest BCUT2D eigenvalue weighted by Gasteiger charge is 2.09. The number of nitrogens with zero attached hydrogens (tertiary/aromatic N) is 1. The minimum absolute atomic E-state index is 0.0951. The summed E-state index contributed by atoms with van der Waals surface area (Å²) in [5.41, 5.74) is 1.73. The van der Waals surface area contributed by atoms with Gasteiger partial charge in [0.05, 0.1) is 18.7 Å². The molecule has 0 N–H and O–H groups in total. The highest BCUT2D eigenvalue weighted by Crippen LogP contribution is 2.09. The minimum atomic E-state index is -0.238. The maximum absolute atomic E-state index is 11.6. The van der Waals surface area contributed by atoms with Crippen LogP contribution < -0.4 is 0 Å². The first-order valence-electron chi connectivity index (χ1n) is 5.47. The van der Waals surface area contributed by atoms with Crippen LogP contribution in [0.4, 0.5) is 0 Å². The molecule has 0 unspecified atom stereocenters. The molecule has 4 heteroatoms. The van der Waals surface area contributed by atoms with Gasteiger partial charge in [0.2, 0.25) is 0 Å². The van der Waals surface area contributed by atoms with E-state index >= 15 is 0 Å². The normalized spacial score (nSPS) is 10.8. The van der Waals surface area contributed by atoms with E-state index in [4.69, 9.17) is 4.74 Å². The largest absolute Gasteiger partial charge is 0.463 e. The van der Waals surface area contributed by atoms with Crippen molar-refractivity contribution in [1.29, 1.82) is 0 Å². The summed E-state index contributed by atoms with van der Waals surface area (Å²) in [6.45, 7) is 3.66. The number of hydrogen-bond acceptors (Lipinski definition) is 4. The van der Waals surface area contributed by atoms with E-state index < -0.39 is 0 Å². The van der Waals surface area contributed by atoms with Gasteiger partial charge in [0, 0.05) is 0 Å². The molecule has 0 aliphatic carbocycles. The molecule has 0 radical (unpaired) electrons. The number of hydrogen-bond donors (Lipinski definition) is 0. The van der Waals surface area contributed by atoms with Gasteiger partial charge < -0.3 is 9.57 Å². The Hall–Kier alpha value is -1.84. The van der Waals surface area contributed by atoms with E-state index in [1.807, 2.05) is 38.1 Å². The van der Waals surface area contributed by atoms with Crippen LogP contribution in [-0.4, -0.2) is 25.4 Å². The van der Waals surface area contributed by atoms with Gasteiger partial charge in [-0.1, -0.05) is 29.4 Å². The molecule has 0 atom stereocenters. The quantitative estimate of drug-likeness (QED) is 0.446. The number of rotatable bonds is 5. The second kappa shape index (κ2) is 6.68.